The molecule has 118 valence electrons. The summed E-state index contributed by atoms with van der Waals surface area (Å²) in [6, 6.07) is 7.76. The van der Waals surface area contributed by atoms with Crippen LogP contribution in [0.3, 0.4) is 0 Å². The van der Waals surface area contributed by atoms with Crippen molar-refractivity contribution in [3.63, 3.8) is 0 Å². The Balaban J connectivity index is 1.92. The summed E-state index contributed by atoms with van der Waals surface area (Å²) in [4.78, 5) is 17.2. The number of thiazole rings is 1. The third-order valence-corrected chi connectivity index (χ3v) is 5.31. The van der Waals surface area contributed by atoms with Crippen LogP contribution in [0.4, 0.5) is 5.13 Å². The van der Waals surface area contributed by atoms with Crippen molar-refractivity contribution in [2.24, 2.45) is 0 Å². The number of aromatic nitrogens is 1. The number of anilines is 1. The lowest BCUT2D eigenvalue weighted by atomic mass is 10.1. The van der Waals surface area contributed by atoms with Crippen LogP contribution in [0.1, 0.15) is 31.2 Å². The first kappa shape index (κ1) is 17.3. The maximum atomic E-state index is 11.9. The van der Waals surface area contributed by atoms with E-state index in [-0.39, 0.29) is 10.7 Å². The largest absolute Gasteiger partial charge is 0.301 e. The van der Waals surface area contributed by atoms with E-state index in [0.717, 1.165) is 21.9 Å². The summed E-state index contributed by atoms with van der Waals surface area (Å²) < 4.78 is 0.0788. The van der Waals surface area contributed by atoms with Gasteiger partial charge in [-0.2, -0.15) is 0 Å². The molecule has 0 saturated heterocycles. The number of carbonyl (C=O) groups excluding carboxylic acids is 1. The number of hydrogen-bond donors (Lipinski definition) is 1. The van der Waals surface area contributed by atoms with E-state index in [4.69, 9.17) is 11.6 Å². The average molecular weight is 355 g/mol. The van der Waals surface area contributed by atoms with Crippen molar-refractivity contribution >= 4 is 45.7 Å². The summed E-state index contributed by atoms with van der Waals surface area (Å²) in [6.45, 7) is 6.28. The molecule has 1 aromatic carbocycles. The minimum atomic E-state index is -0.0152. The Kier molecular flexibility index (Phi) is 5.89. The van der Waals surface area contributed by atoms with Gasteiger partial charge in [-0.25, -0.2) is 4.98 Å². The van der Waals surface area contributed by atoms with Gasteiger partial charge in [0.05, 0.1) is 5.75 Å². The zero-order chi connectivity index (χ0) is 16.2. The number of thioether (sulfide) groups is 1. The molecule has 1 heterocycles. The van der Waals surface area contributed by atoms with Crippen LogP contribution in [-0.4, -0.2) is 21.4 Å². The summed E-state index contributed by atoms with van der Waals surface area (Å²) in [5, 5.41) is 4.24. The normalized spacial score (nSPS) is 11.5. The zero-order valence-electron chi connectivity index (χ0n) is 12.9. The van der Waals surface area contributed by atoms with Crippen molar-refractivity contribution in [3.8, 4) is 0 Å². The van der Waals surface area contributed by atoms with Gasteiger partial charge < -0.3 is 5.32 Å². The van der Waals surface area contributed by atoms with Crippen molar-refractivity contribution in [3.05, 3.63) is 45.9 Å². The molecule has 0 aliphatic carbocycles. The number of halogens is 1. The number of hydrogen-bond acceptors (Lipinski definition) is 4. The van der Waals surface area contributed by atoms with E-state index in [1.165, 1.54) is 11.3 Å². The van der Waals surface area contributed by atoms with Gasteiger partial charge in [-0.05, 0) is 11.6 Å². The standard InChI is InChI=1S/C16H19ClN2OS2/c1-16(2,3)21-10-14(20)19-15-18-9-12(22-15)8-11-6-4-5-7-13(11)17/h4-7,9H,8,10H2,1-3H3,(H,18,19,20). The lowest BCUT2D eigenvalue weighted by Gasteiger charge is -2.16. The third kappa shape index (κ3) is 5.63. The molecule has 1 amide bonds. The van der Waals surface area contributed by atoms with E-state index in [1.807, 2.05) is 24.3 Å². The van der Waals surface area contributed by atoms with Gasteiger partial charge in [-0.3, -0.25) is 4.79 Å². The van der Waals surface area contributed by atoms with Gasteiger partial charge in [0.15, 0.2) is 5.13 Å². The number of amides is 1. The lowest BCUT2D eigenvalue weighted by Crippen LogP contribution is -2.18. The zero-order valence-corrected chi connectivity index (χ0v) is 15.2. The number of nitrogens with one attached hydrogen (secondary N) is 1. The van der Waals surface area contributed by atoms with Crippen molar-refractivity contribution in [1.82, 2.24) is 4.98 Å². The minimum absolute atomic E-state index is 0.0152. The van der Waals surface area contributed by atoms with Crippen molar-refractivity contribution in [2.45, 2.75) is 31.9 Å². The van der Waals surface area contributed by atoms with E-state index < -0.39 is 0 Å². The molecule has 0 spiro atoms. The number of nitrogens with zero attached hydrogens (tertiary/aromatic N) is 1. The van der Waals surface area contributed by atoms with Gasteiger partial charge in [0.25, 0.3) is 0 Å². The molecule has 0 saturated carbocycles. The Morgan fingerprint density at radius 1 is 1.36 bits per heavy atom. The number of carbonyl (C=O) groups is 1. The van der Waals surface area contributed by atoms with Gasteiger partial charge in [0.2, 0.25) is 5.91 Å². The molecule has 0 aliphatic rings. The molecular weight excluding hydrogens is 336 g/mol. The topological polar surface area (TPSA) is 42.0 Å². The predicted octanol–water partition coefficient (Wildman–Crippen LogP) is 4.86. The molecule has 0 bridgehead atoms. The highest BCUT2D eigenvalue weighted by atomic mass is 35.5. The summed E-state index contributed by atoms with van der Waals surface area (Å²) in [7, 11) is 0. The highest BCUT2D eigenvalue weighted by Crippen LogP contribution is 2.26. The Bertz CT molecular complexity index is 650. The molecule has 3 nitrogen and oxygen atoms in total. The highest BCUT2D eigenvalue weighted by molar-refractivity contribution is 8.01. The molecule has 1 aromatic heterocycles. The summed E-state index contributed by atoms with van der Waals surface area (Å²) >= 11 is 9.27. The maximum Gasteiger partial charge on any atom is 0.236 e. The first-order valence-electron chi connectivity index (χ1n) is 6.95. The van der Waals surface area contributed by atoms with Crippen LogP contribution in [0.5, 0.6) is 0 Å². The molecule has 2 aromatic rings. The predicted molar refractivity (Wildman–Crippen MR) is 97.2 cm³/mol. The van der Waals surface area contributed by atoms with Crippen LogP contribution in [0.25, 0.3) is 0 Å². The fraction of sp³-hybridized carbons (Fsp3) is 0.375. The molecule has 6 heteroatoms. The second-order valence-corrected chi connectivity index (χ2v) is 9.17. The van der Waals surface area contributed by atoms with Crippen molar-refractivity contribution < 1.29 is 4.79 Å². The van der Waals surface area contributed by atoms with Gasteiger partial charge in [0, 0.05) is 27.3 Å². The first-order chi connectivity index (χ1) is 10.3. The second kappa shape index (κ2) is 7.49. The summed E-state index contributed by atoms with van der Waals surface area (Å²) in [5.41, 5.74) is 1.06. The van der Waals surface area contributed by atoms with Crippen LogP contribution in [0.15, 0.2) is 30.5 Å². The highest BCUT2D eigenvalue weighted by Gasteiger charge is 2.14. The van der Waals surface area contributed by atoms with E-state index in [0.29, 0.717) is 10.9 Å². The fourth-order valence-electron chi connectivity index (χ4n) is 1.71. The van der Waals surface area contributed by atoms with Crippen LogP contribution in [-0.2, 0) is 11.2 Å². The molecule has 1 N–H and O–H groups in total. The van der Waals surface area contributed by atoms with Gasteiger partial charge >= 0.3 is 0 Å². The van der Waals surface area contributed by atoms with Crippen LogP contribution in [0.2, 0.25) is 5.02 Å². The summed E-state index contributed by atoms with van der Waals surface area (Å²) in [6.07, 6.45) is 2.52. The lowest BCUT2D eigenvalue weighted by molar-refractivity contribution is -0.113. The van der Waals surface area contributed by atoms with Crippen LogP contribution < -0.4 is 5.32 Å². The molecule has 2 rings (SSSR count). The smallest absolute Gasteiger partial charge is 0.236 e. The molecule has 0 fully saturated rings. The SMILES string of the molecule is CC(C)(C)SCC(=O)Nc1ncc(Cc2ccccc2Cl)s1. The van der Waals surface area contributed by atoms with Crippen molar-refractivity contribution in [1.29, 1.82) is 0 Å². The van der Waals surface area contributed by atoms with E-state index in [9.17, 15) is 4.79 Å². The number of benzene rings is 1. The Morgan fingerprint density at radius 3 is 2.77 bits per heavy atom. The quantitative estimate of drug-likeness (QED) is 0.833. The van der Waals surface area contributed by atoms with Crippen LogP contribution in [0, 0.1) is 0 Å². The van der Waals surface area contributed by atoms with Gasteiger partial charge in [0.1, 0.15) is 0 Å². The second-order valence-electron chi connectivity index (χ2n) is 5.85. The Hall–Kier alpha value is -1.04. The first-order valence-corrected chi connectivity index (χ1v) is 9.13. The van der Waals surface area contributed by atoms with Gasteiger partial charge in [-0.15, -0.1) is 23.1 Å². The van der Waals surface area contributed by atoms with Crippen molar-refractivity contribution in [2.75, 3.05) is 11.1 Å². The minimum Gasteiger partial charge on any atom is -0.301 e. The maximum absolute atomic E-state index is 11.9. The third-order valence-electron chi connectivity index (χ3n) is 2.76. The van der Waals surface area contributed by atoms with E-state index in [2.05, 4.69) is 31.1 Å². The Morgan fingerprint density at radius 2 is 2.09 bits per heavy atom. The summed E-state index contributed by atoms with van der Waals surface area (Å²) in [5.74, 6) is 0.418. The van der Waals surface area contributed by atoms with E-state index >= 15 is 0 Å². The van der Waals surface area contributed by atoms with Crippen LogP contribution >= 0.6 is 34.7 Å². The molecule has 0 atom stereocenters. The average Bonchev–Trinajstić information content (AvgIpc) is 2.86. The molecule has 0 radical (unpaired) electrons. The molecular formula is C16H19ClN2OS2. The fourth-order valence-corrected chi connectivity index (χ4v) is 3.40. The molecule has 0 unspecified atom stereocenters. The number of rotatable bonds is 5. The molecule has 22 heavy (non-hydrogen) atoms. The van der Waals surface area contributed by atoms with E-state index in [1.54, 1.807) is 18.0 Å². The Labute approximate surface area is 144 Å². The monoisotopic (exact) mass is 354 g/mol. The van der Waals surface area contributed by atoms with Gasteiger partial charge in [-0.1, -0.05) is 50.6 Å². The molecule has 0 aliphatic heterocycles.